The standard InChI is InChI=1S/C14H17N3O3S2/c1-3-9-22(19,20)11-8-6-5-7-10(11)13(18)15-14-17-16-12(4-2)21-14/h5-8H,3-4,9H2,1-2H3,(H,15,17,18). The Morgan fingerprint density at radius 3 is 2.59 bits per heavy atom. The SMILES string of the molecule is CCCS(=O)(=O)c1ccccc1C(=O)Nc1nnc(CC)s1. The Morgan fingerprint density at radius 2 is 1.95 bits per heavy atom. The van der Waals surface area contributed by atoms with Crippen molar-refractivity contribution in [3.05, 3.63) is 34.8 Å². The van der Waals surface area contributed by atoms with E-state index in [9.17, 15) is 13.2 Å². The van der Waals surface area contributed by atoms with E-state index in [2.05, 4.69) is 15.5 Å². The number of nitrogens with one attached hydrogen (secondary N) is 1. The zero-order chi connectivity index (χ0) is 16.2. The molecule has 1 aromatic carbocycles. The number of rotatable bonds is 6. The monoisotopic (exact) mass is 339 g/mol. The summed E-state index contributed by atoms with van der Waals surface area (Å²) >= 11 is 1.28. The highest BCUT2D eigenvalue weighted by molar-refractivity contribution is 7.91. The van der Waals surface area contributed by atoms with Gasteiger partial charge in [0.2, 0.25) is 5.13 Å². The Kier molecular flexibility index (Phi) is 5.25. The van der Waals surface area contributed by atoms with Crippen LogP contribution in [0.25, 0.3) is 0 Å². The molecule has 118 valence electrons. The molecular weight excluding hydrogens is 322 g/mol. The van der Waals surface area contributed by atoms with E-state index in [0.717, 1.165) is 11.4 Å². The van der Waals surface area contributed by atoms with Gasteiger partial charge in [-0.3, -0.25) is 10.1 Å². The van der Waals surface area contributed by atoms with Crippen LogP contribution in [0.15, 0.2) is 29.2 Å². The van der Waals surface area contributed by atoms with Crippen LogP contribution in [0.3, 0.4) is 0 Å². The second-order valence-corrected chi connectivity index (χ2v) is 7.76. The molecule has 1 aromatic heterocycles. The van der Waals surface area contributed by atoms with Crippen LogP contribution in [0.1, 0.15) is 35.6 Å². The van der Waals surface area contributed by atoms with Crippen LogP contribution in [-0.4, -0.2) is 30.3 Å². The number of hydrogen-bond acceptors (Lipinski definition) is 6. The van der Waals surface area contributed by atoms with Gasteiger partial charge in [-0.15, -0.1) is 10.2 Å². The first-order valence-electron chi connectivity index (χ1n) is 6.93. The van der Waals surface area contributed by atoms with Gasteiger partial charge >= 0.3 is 0 Å². The van der Waals surface area contributed by atoms with Crippen LogP contribution >= 0.6 is 11.3 Å². The lowest BCUT2D eigenvalue weighted by Crippen LogP contribution is -2.17. The molecule has 0 aliphatic heterocycles. The summed E-state index contributed by atoms with van der Waals surface area (Å²) in [5.41, 5.74) is 0.129. The van der Waals surface area contributed by atoms with E-state index in [1.807, 2.05) is 6.92 Å². The number of sulfone groups is 1. The molecule has 0 fully saturated rings. The lowest BCUT2D eigenvalue weighted by atomic mass is 10.2. The Labute approximate surface area is 133 Å². The molecule has 0 unspecified atom stereocenters. The van der Waals surface area contributed by atoms with Crippen molar-refractivity contribution >= 4 is 32.2 Å². The normalized spacial score (nSPS) is 11.4. The third kappa shape index (κ3) is 3.69. The molecule has 0 radical (unpaired) electrons. The van der Waals surface area contributed by atoms with Gasteiger partial charge in [0.1, 0.15) is 5.01 Å². The average molecular weight is 339 g/mol. The molecule has 22 heavy (non-hydrogen) atoms. The summed E-state index contributed by atoms with van der Waals surface area (Å²) in [4.78, 5) is 12.4. The highest BCUT2D eigenvalue weighted by Crippen LogP contribution is 2.21. The highest BCUT2D eigenvalue weighted by Gasteiger charge is 2.22. The van der Waals surface area contributed by atoms with Gasteiger partial charge in [-0.05, 0) is 25.0 Å². The van der Waals surface area contributed by atoms with Gasteiger partial charge < -0.3 is 0 Å². The van der Waals surface area contributed by atoms with E-state index in [-0.39, 0.29) is 16.2 Å². The predicted molar refractivity (Wildman–Crippen MR) is 86.0 cm³/mol. The molecule has 1 heterocycles. The number of anilines is 1. The molecule has 0 aliphatic carbocycles. The molecule has 0 saturated heterocycles. The second-order valence-electron chi connectivity index (χ2n) is 4.62. The van der Waals surface area contributed by atoms with Crippen molar-refractivity contribution in [1.82, 2.24) is 10.2 Å². The van der Waals surface area contributed by atoms with Crippen molar-refractivity contribution in [3.63, 3.8) is 0 Å². The number of nitrogens with zero attached hydrogens (tertiary/aromatic N) is 2. The van der Waals surface area contributed by atoms with E-state index in [4.69, 9.17) is 0 Å². The molecule has 1 amide bonds. The number of aryl methyl sites for hydroxylation is 1. The quantitative estimate of drug-likeness (QED) is 0.873. The Balaban J connectivity index is 2.30. The number of carbonyl (C=O) groups excluding carboxylic acids is 1. The molecule has 2 rings (SSSR count). The van der Waals surface area contributed by atoms with Crippen LogP contribution in [0.4, 0.5) is 5.13 Å². The van der Waals surface area contributed by atoms with E-state index >= 15 is 0 Å². The molecule has 2 aromatic rings. The number of benzene rings is 1. The van der Waals surface area contributed by atoms with Crippen LogP contribution < -0.4 is 5.32 Å². The van der Waals surface area contributed by atoms with E-state index < -0.39 is 15.7 Å². The van der Waals surface area contributed by atoms with Crippen molar-refractivity contribution in [3.8, 4) is 0 Å². The van der Waals surface area contributed by atoms with Gasteiger partial charge in [-0.2, -0.15) is 0 Å². The Bertz CT molecular complexity index is 769. The Hall–Kier alpha value is -1.80. The molecule has 0 aliphatic rings. The lowest BCUT2D eigenvalue weighted by molar-refractivity contribution is 0.102. The first-order chi connectivity index (χ1) is 10.5. The summed E-state index contributed by atoms with van der Waals surface area (Å²) < 4.78 is 24.5. The molecule has 0 spiro atoms. The van der Waals surface area contributed by atoms with Gasteiger partial charge in [-0.1, -0.05) is 37.3 Å². The van der Waals surface area contributed by atoms with Gasteiger partial charge in [0, 0.05) is 0 Å². The van der Waals surface area contributed by atoms with Crippen LogP contribution in [0, 0.1) is 0 Å². The van der Waals surface area contributed by atoms with Gasteiger partial charge in [-0.25, -0.2) is 8.42 Å². The average Bonchev–Trinajstić information content (AvgIpc) is 2.95. The van der Waals surface area contributed by atoms with Crippen molar-refractivity contribution in [2.75, 3.05) is 11.1 Å². The third-order valence-corrected chi connectivity index (χ3v) is 5.88. The molecular formula is C14H17N3O3S2. The summed E-state index contributed by atoms with van der Waals surface area (Å²) in [5, 5.41) is 11.6. The molecule has 0 saturated carbocycles. The highest BCUT2D eigenvalue weighted by atomic mass is 32.2. The minimum Gasteiger partial charge on any atom is -0.296 e. The molecule has 6 nitrogen and oxygen atoms in total. The van der Waals surface area contributed by atoms with Gasteiger partial charge in [0.05, 0.1) is 16.2 Å². The van der Waals surface area contributed by atoms with Crippen molar-refractivity contribution in [2.24, 2.45) is 0 Å². The number of aromatic nitrogens is 2. The minimum atomic E-state index is -3.47. The summed E-state index contributed by atoms with van der Waals surface area (Å²) in [6, 6.07) is 6.20. The lowest BCUT2D eigenvalue weighted by Gasteiger charge is -2.09. The summed E-state index contributed by atoms with van der Waals surface area (Å²) in [6.45, 7) is 3.73. The van der Waals surface area contributed by atoms with Crippen molar-refractivity contribution in [2.45, 2.75) is 31.6 Å². The van der Waals surface area contributed by atoms with Gasteiger partial charge in [0.15, 0.2) is 9.84 Å². The van der Waals surface area contributed by atoms with Crippen molar-refractivity contribution < 1.29 is 13.2 Å². The van der Waals surface area contributed by atoms with Crippen molar-refractivity contribution in [1.29, 1.82) is 0 Å². The Morgan fingerprint density at radius 1 is 1.23 bits per heavy atom. The fourth-order valence-corrected chi connectivity index (χ4v) is 4.13. The van der Waals surface area contributed by atoms with Crippen LogP contribution in [-0.2, 0) is 16.3 Å². The first kappa shape index (κ1) is 16.6. The maximum Gasteiger partial charge on any atom is 0.258 e. The van der Waals surface area contributed by atoms with Gasteiger partial charge in [0.25, 0.3) is 5.91 Å². The topological polar surface area (TPSA) is 89.0 Å². The van der Waals surface area contributed by atoms with E-state index in [1.54, 1.807) is 19.1 Å². The zero-order valence-electron chi connectivity index (χ0n) is 12.4. The first-order valence-corrected chi connectivity index (χ1v) is 9.40. The molecule has 1 N–H and O–H groups in total. The number of hydrogen-bond donors (Lipinski definition) is 1. The largest absolute Gasteiger partial charge is 0.296 e. The zero-order valence-corrected chi connectivity index (χ0v) is 14.0. The maximum absolute atomic E-state index is 12.3. The summed E-state index contributed by atoms with van der Waals surface area (Å²) in [5.74, 6) is -0.482. The molecule has 8 heteroatoms. The van der Waals surface area contributed by atoms with E-state index in [1.165, 1.54) is 23.5 Å². The van der Waals surface area contributed by atoms with Crippen LogP contribution in [0.2, 0.25) is 0 Å². The van der Waals surface area contributed by atoms with Crippen LogP contribution in [0.5, 0.6) is 0 Å². The molecule has 0 bridgehead atoms. The molecule has 0 atom stereocenters. The third-order valence-electron chi connectivity index (χ3n) is 2.93. The second kappa shape index (κ2) is 6.97. The van der Waals surface area contributed by atoms with E-state index in [0.29, 0.717) is 11.6 Å². The number of amides is 1. The summed E-state index contributed by atoms with van der Waals surface area (Å²) in [7, 11) is -3.47. The predicted octanol–water partition coefficient (Wildman–Crippen LogP) is 2.54. The maximum atomic E-state index is 12.3. The fraction of sp³-hybridized carbons (Fsp3) is 0.357. The fourth-order valence-electron chi connectivity index (χ4n) is 1.92. The number of carbonyl (C=O) groups is 1. The minimum absolute atomic E-state index is 0.0100. The summed E-state index contributed by atoms with van der Waals surface area (Å²) in [6.07, 6.45) is 1.23. The smallest absolute Gasteiger partial charge is 0.258 e.